The van der Waals surface area contributed by atoms with Crippen molar-refractivity contribution in [1.82, 2.24) is 15.2 Å². The minimum Gasteiger partial charge on any atom is -0.361 e. The van der Waals surface area contributed by atoms with Gasteiger partial charge in [0.05, 0.1) is 17.3 Å². The summed E-state index contributed by atoms with van der Waals surface area (Å²) in [5, 5.41) is 6.79. The Morgan fingerprint density at radius 2 is 1.80 bits per heavy atom. The van der Waals surface area contributed by atoms with Gasteiger partial charge in [0.1, 0.15) is 6.04 Å². The normalized spacial score (nSPS) is 11.7. The van der Waals surface area contributed by atoms with Crippen molar-refractivity contribution in [3.8, 4) is 0 Å². The number of para-hydroxylation sites is 2. The Morgan fingerprint density at radius 3 is 2.53 bits per heavy atom. The van der Waals surface area contributed by atoms with Crippen molar-refractivity contribution in [2.24, 2.45) is 0 Å². The van der Waals surface area contributed by atoms with E-state index >= 15 is 0 Å². The summed E-state index contributed by atoms with van der Waals surface area (Å²) in [4.78, 5) is 41.5. The van der Waals surface area contributed by atoms with Gasteiger partial charge in [0.2, 0.25) is 17.7 Å². The number of hydrogen-bond donors (Lipinski definition) is 3. The summed E-state index contributed by atoms with van der Waals surface area (Å²) in [6.07, 6.45) is 2.13. The third-order valence-electron chi connectivity index (χ3n) is 4.68. The predicted octanol–water partition coefficient (Wildman–Crippen LogP) is 2.97. The van der Waals surface area contributed by atoms with Gasteiger partial charge in [-0.15, -0.1) is 0 Å². The molecule has 0 saturated heterocycles. The van der Waals surface area contributed by atoms with Crippen LogP contribution in [0.2, 0.25) is 5.02 Å². The van der Waals surface area contributed by atoms with Gasteiger partial charge in [-0.1, -0.05) is 41.9 Å². The van der Waals surface area contributed by atoms with Crippen LogP contribution in [0.4, 0.5) is 5.69 Å². The number of nitrogens with zero attached hydrogens (tertiary/aromatic N) is 1. The van der Waals surface area contributed by atoms with Crippen LogP contribution in [0.15, 0.2) is 54.7 Å². The fourth-order valence-corrected chi connectivity index (χ4v) is 3.46. The molecule has 0 saturated carbocycles. The number of aromatic nitrogens is 1. The highest BCUT2D eigenvalue weighted by Crippen LogP contribution is 2.21. The largest absolute Gasteiger partial charge is 0.361 e. The Balaban J connectivity index is 1.70. The van der Waals surface area contributed by atoms with Crippen LogP contribution in [0, 0.1) is 0 Å². The summed E-state index contributed by atoms with van der Waals surface area (Å²) in [5.41, 5.74) is 2.34. The number of fused-ring (bicyclic) bond motifs is 1. The topological polar surface area (TPSA) is 94.3 Å². The average molecular weight is 427 g/mol. The maximum atomic E-state index is 13.0. The lowest BCUT2D eigenvalue weighted by Gasteiger charge is -2.24. The number of carbonyl (C=O) groups excluding carboxylic acids is 3. The Labute approximate surface area is 179 Å². The molecule has 0 radical (unpaired) electrons. The molecule has 0 aliphatic heterocycles. The van der Waals surface area contributed by atoms with E-state index in [1.54, 1.807) is 24.3 Å². The SMILES string of the molecule is CC(=O)NC(Cc1c[nH]c2ccccc12)C(=O)N(C)CC(=O)Nc1ccccc1Cl. The molecular formula is C22H23ClN4O3. The fourth-order valence-electron chi connectivity index (χ4n) is 3.28. The second-order valence-electron chi connectivity index (χ2n) is 7.04. The monoisotopic (exact) mass is 426 g/mol. The van der Waals surface area contributed by atoms with E-state index in [1.807, 2.05) is 30.5 Å². The van der Waals surface area contributed by atoms with E-state index in [0.717, 1.165) is 16.5 Å². The lowest BCUT2D eigenvalue weighted by molar-refractivity contribution is -0.137. The van der Waals surface area contributed by atoms with Gasteiger partial charge in [-0.25, -0.2) is 0 Å². The standard InChI is InChI=1S/C22H23ClN4O3/c1-14(28)25-20(11-15-12-24-18-9-5-3-7-16(15)18)22(30)27(2)13-21(29)26-19-10-6-4-8-17(19)23/h3-10,12,20,24H,11,13H2,1-2H3,(H,25,28)(H,26,29). The molecule has 3 amide bonds. The molecule has 1 heterocycles. The number of aromatic amines is 1. The van der Waals surface area contributed by atoms with E-state index in [0.29, 0.717) is 17.1 Å². The first-order chi connectivity index (χ1) is 14.3. The first-order valence-electron chi connectivity index (χ1n) is 9.46. The first kappa shape index (κ1) is 21.4. The molecule has 3 rings (SSSR count). The van der Waals surface area contributed by atoms with Crippen LogP contribution in [0.3, 0.4) is 0 Å². The highest BCUT2D eigenvalue weighted by atomic mass is 35.5. The molecule has 2 aromatic carbocycles. The Bertz CT molecular complexity index is 1080. The van der Waals surface area contributed by atoms with Crippen LogP contribution in [0.1, 0.15) is 12.5 Å². The highest BCUT2D eigenvalue weighted by molar-refractivity contribution is 6.33. The summed E-state index contributed by atoms with van der Waals surface area (Å²) in [6.45, 7) is 1.19. The van der Waals surface area contributed by atoms with E-state index in [9.17, 15) is 14.4 Å². The number of anilines is 1. The van der Waals surface area contributed by atoms with Crippen molar-refractivity contribution < 1.29 is 14.4 Å². The van der Waals surface area contributed by atoms with Crippen molar-refractivity contribution >= 4 is 45.9 Å². The van der Waals surface area contributed by atoms with Gasteiger partial charge in [0.15, 0.2) is 0 Å². The van der Waals surface area contributed by atoms with Gasteiger partial charge in [0.25, 0.3) is 0 Å². The second kappa shape index (κ2) is 9.45. The number of likely N-dealkylation sites (N-methyl/N-ethyl adjacent to an activating group) is 1. The average Bonchev–Trinajstić information content (AvgIpc) is 3.11. The molecule has 8 heteroatoms. The number of nitrogens with one attached hydrogen (secondary N) is 3. The van der Waals surface area contributed by atoms with Crippen molar-refractivity contribution in [3.63, 3.8) is 0 Å². The van der Waals surface area contributed by atoms with Gasteiger partial charge in [-0.05, 0) is 23.8 Å². The summed E-state index contributed by atoms with van der Waals surface area (Å²) in [6, 6.07) is 13.8. The smallest absolute Gasteiger partial charge is 0.245 e. The van der Waals surface area contributed by atoms with E-state index < -0.39 is 6.04 Å². The van der Waals surface area contributed by atoms with Crippen LogP contribution < -0.4 is 10.6 Å². The predicted molar refractivity (Wildman–Crippen MR) is 117 cm³/mol. The summed E-state index contributed by atoms with van der Waals surface area (Å²) < 4.78 is 0. The number of benzene rings is 2. The van der Waals surface area contributed by atoms with Gasteiger partial charge in [-0.3, -0.25) is 14.4 Å². The molecule has 0 aliphatic carbocycles. The lowest BCUT2D eigenvalue weighted by Crippen LogP contribution is -2.49. The quantitative estimate of drug-likeness (QED) is 0.542. The molecule has 0 aliphatic rings. The maximum Gasteiger partial charge on any atom is 0.245 e. The van der Waals surface area contributed by atoms with E-state index in [4.69, 9.17) is 11.6 Å². The molecule has 0 spiro atoms. The molecule has 1 unspecified atom stereocenters. The third-order valence-corrected chi connectivity index (χ3v) is 5.01. The van der Waals surface area contributed by atoms with E-state index in [-0.39, 0.29) is 24.3 Å². The first-order valence-corrected chi connectivity index (χ1v) is 9.84. The summed E-state index contributed by atoms with van der Waals surface area (Å²) >= 11 is 6.06. The Morgan fingerprint density at radius 1 is 1.10 bits per heavy atom. The minimum atomic E-state index is -0.792. The van der Waals surface area contributed by atoms with Gasteiger partial charge in [0, 0.05) is 37.5 Å². The summed E-state index contributed by atoms with van der Waals surface area (Å²) in [7, 11) is 1.53. The number of carbonyl (C=O) groups is 3. The molecule has 0 bridgehead atoms. The maximum absolute atomic E-state index is 13.0. The van der Waals surface area contributed by atoms with Crippen molar-refractivity contribution in [2.45, 2.75) is 19.4 Å². The zero-order chi connectivity index (χ0) is 21.7. The van der Waals surface area contributed by atoms with Crippen molar-refractivity contribution in [1.29, 1.82) is 0 Å². The zero-order valence-electron chi connectivity index (χ0n) is 16.7. The Kier molecular flexibility index (Phi) is 6.74. The van der Waals surface area contributed by atoms with E-state index in [1.165, 1.54) is 18.9 Å². The summed E-state index contributed by atoms with van der Waals surface area (Å²) in [5.74, 6) is -1.06. The lowest BCUT2D eigenvalue weighted by atomic mass is 10.0. The fraction of sp³-hybridized carbons (Fsp3) is 0.227. The molecule has 7 nitrogen and oxygen atoms in total. The number of amides is 3. The molecule has 1 aromatic heterocycles. The molecule has 30 heavy (non-hydrogen) atoms. The van der Waals surface area contributed by atoms with Crippen LogP contribution in [-0.4, -0.2) is 47.2 Å². The zero-order valence-corrected chi connectivity index (χ0v) is 17.5. The number of rotatable bonds is 7. The molecule has 3 N–H and O–H groups in total. The molecule has 0 fully saturated rings. The highest BCUT2D eigenvalue weighted by Gasteiger charge is 2.25. The number of H-pyrrole nitrogens is 1. The van der Waals surface area contributed by atoms with Gasteiger partial charge in [-0.2, -0.15) is 0 Å². The van der Waals surface area contributed by atoms with Crippen LogP contribution >= 0.6 is 11.6 Å². The van der Waals surface area contributed by atoms with Gasteiger partial charge < -0.3 is 20.5 Å². The molecule has 1 atom stereocenters. The third kappa shape index (κ3) is 5.18. The van der Waals surface area contributed by atoms with Crippen LogP contribution in [-0.2, 0) is 20.8 Å². The van der Waals surface area contributed by atoms with Crippen molar-refractivity contribution in [3.05, 3.63) is 65.3 Å². The minimum absolute atomic E-state index is 0.173. The van der Waals surface area contributed by atoms with Crippen LogP contribution in [0.25, 0.3) is 10.9 Å². The van der Waals surface area contributed by atoms with E-state index in [2.05, 4.69) is 15.6 Å². The molecule has 156 valence electrons. The molecule has 3 aromatic rings. The van der Waals surface area contributed by atoms with Crippen molar-refractivity contribution in [2.75, 3.05) is 18.9 Å². The van der Waals surface area contributed by atoms with Crippen LogP contribution in [0.5, 0.6) is 0 Å². The number of hydrogen-bond acceptors (Lipinski definition) is 3. The Hall–Kier alpha value is -3.32. The second-order valence-corrected chi connectivity index (χ2v) is 7.45. The molecular weight excluding hydrogens is 404 g/mol. The number of halogens is 1. The van der Waals surface area contributed by atoms with Gasteiger partial charge >= 0.3 is 0 Å².